The minimum absolute atomic E-state index is 0.394. The Balaban J connectivity index is 1.86. The van der Waals surface area contributed by atoms with Crippen molar-refractivity contribution in [1.82, 2.24) is 15.0 Å². The molecule has 0 saturated carbocycles. The first-order valence-electron chi connectivity index (χ1n) is 8.98. The Kier molecular flexibility index (Phi) is 5.74. The van der Waals surface area contributed by atoms with Crippen molar-refractivity contribution in [2.75, 3.05) is 7.11 Å². The Bertz CT molecular complexity index is 1190. The lowest BCUT2D eigenvalue weighted by molar-refractivity contribution is 0.0601. The number of carbonyl (C=O) groups excluding carboxylic acids is 1. The normalized spacial score (nSPS) is 10.6. The molecule has 0 radical (unpaired) electrons. The van der Waals surface area contributed by atoms with Gasteiger partial charge in [-0.3, -0.25) is 4.98 Å². The average molecular weight is 436 g/mol. The molecule has 0 aliphatic heterocycles. The third-order valence-corrected chi connectivity index (χ3v) is 4.84. The van der Waals surface area contributed by atoms with Crippen LogP contribution >= 0.6 is 23.2 Å². The maximum atomic E-state index is 11.7. The number of carbonyl (C=O) groups is 1. The van der Waals surface area contributed by atoms with Crippen LogP contribution in [0.25, 0.3) is 33.9 Å². The van der Waals surface area contributed by atoms with E-state index in [2.05, 4.69) is 4.98 Å². The van der Waals surface area contributed by atoms with Crippen molar-refractivity contribution in [1.29, 1.82) is 0 Å². The van der Waals surface area contributed by atoms with E-state index in [1.165, 1.54) is 7.11 Å². The van der Waals surface area contributed by atoms with E-state index < -0.39 is 5.97 Å². The van der Waals surface area contributed by atoms with Gasteiger partial charge in [0.2, 0.25) is 0 Å². The number of halogens is 2. The van der Waals surface area contributed by atoms with E-state index in [9.17, 15) is 4.79 Å². The summed E-state index contributed by atoms with van der Waals surface area (Å²) in [6.07, 6.45) is 3.44. The lowest BCUT2D eigenvalue weighted by Crippen LogP contribution is -2.01. The van der Waals surface area contributed by atoms with E-state index in [1.54, 1.807) is 42.7 Å². The molecule has 0 aliphatic carbocycles. The first kappa shape index (κ1) is 20.0. The lowest BCUT2D eigenvalue weighted by Gasteiger charge is -2.10. The second kappa shape index (κ2) is 8.61. The predicted octanol–water partition coefficient (Wildman–Crippen LogP) is 5.97. The minimum Gasteiger partial charge on any atom is -0.465 e. The Hall–Kier alpha value is -3.28. The lowest BCUT2D eigenvalue weighted by atomic mass is 10.1. The molecule has 2 aromatic heterocycles. The van der Waals surface area contributed by atoms with E-state index in [-0.39, 0.29) is 0 Å². The molecule has 148 valence electrons. The number of rotatable bonds is 4. The SMILES string of the molecule is COC(=O)c1ccc(-c2cc(-c3cccnc3)nc(-c3cc(Cl)cc(Cl)c3)n2)cc1. The van der Waals surface area contributed by atoms with Crippen LogP contribution in [0, 0.1) is 0 Å². The van der Waals surface area contributed by atoms with Crippen LogP contribution in [0.3, 0.4) is 0 Å². The van der Waals surface area contributed by atoms with Gasteiger partial charge in [-0.25, -0.2) is 14.8 Å². The summed E-state index contributed by atoms with van der Waals surface area (Å²) in [5, 5.41) is 0.994. The van der Waals surface area contributed by atoms with Gasteiger partial charge in [0, 0.05) is 39.1 Å². The standard InChI is InChI=1S/C23H15Cl2N3O2/c1-30-23(29)15-6-4-14(5-7-15)20-12-21(16-3-2-8-26-13-16)28-22(27-20)17-9-18(24)11-19(25)10-17/h2-13H,1H3. The Morgan fingerprint density at radius 3 is 2.10 bits per heavy atom. The van der Waals surface area contributed by atoms with E-state index >= 15 is 0 Å². The van der Waals surface area contributed by atoms with Crippen LogP contribution in [-0.2, 0) is 4.74 Å². The van der Waals surface area contributed by atoms with Crippen LogP contribution in [0.2, 0.25) is 10.0 Å². The summed E-state index contributed by atoms with van der Waals surface area (Å²) >= 11 is 12.4. The number of hydrogen-bond acceptors (Lipinski definition) is 5. The van der Waals surface area contributed by atoms with Gasteiger partial charge >= 0.3 is 5.97 Å². The number of nitrogens with zero attached hydrogens (tertiary/aromatic N) is 3. The van der Waals surface area contributed by atoms with Crippen LogP contribution < -0.4 is 0 Å². The topological polar surface area (TPSA) is 65.0 Å². The highest BCUT2D eigenvalue weighted by Crippen LogP contribution is 2.30. The number of methoxy groups -OCH3 is 1. The van der Waals surface area contributed by atoms with Crippen molar-refractivity contribution >= 4 is 29.2 Å². The number of hydrogen-bond donors (Lipinski definition) is 0. The van der Waals surface area contributed by atoms with Gasteiger partial charge in [0.1, 0.15) is 0 Å². The number of benzene rings is 2. The Labute approximate surface area is 183 Å². The van der Waals surface area contributed by atoms with E-state index in [1.807, 2.05) is 30.3 Å². The summed E-state index contributed by atoms with van der Waals surface area (Å²) in [5.41, 5.74) is 4.23. The second-order valence-electron chi connectivity index (χ2n) is 6.43. The number of ether oxygens (including phenoxy) is 1. The van der Waals surface area contributed by atoms with Crippen molar-refractivity contribution < 1.29 is 9.53 Å². The zero-order valence-electron chi connectivity index (χ0n) is 15.8. The van der Waals surface area contributed by atoms with Gasteiger partial charge in [0.05, 0.1) is 24.1 Å². The monoisotopic (exact) mass is 435 g/mol. The van der Waals surface area contributed by atoms with Gasteiger partial charge in [-0.2, -0.15) is 0 Å². The average Bonchev–Trinajstić information content (AvgIpc) is 2.78. The molecule has 30 heavy (non-hydrogen) atoms. The Morgan fingerprint density at radius 2 is 1.50 bits per heavy atom. The molecule has 0 spiro atoms. The summed E-state index contributed by atoms with van der Waals surface area (Å²) in [6, 6.07) is 17.9. The maximum Gasteiger partial charge on any atom is 0.337 e. The van der Waals surface area contributed by atoms with Crippen LogP contribution in [0.5, 0.6) is 0 Å². The van der Waals surface area contributed by atoms with Gasteiger partial charge in [-0.05, 0) is 48.5 Å². The minimum atomic E-state index is -0.394. The molecule has 0 aliphatic rings. The fraction of sp³-hybridized carbons (Fsp3) is 0.0435. The molecule has 0 unspecified atom stereocenters. The predicted molar refractivity (Wildman–Crippen MR) is 117 cm³/mol. The third kappa shape index (κ3) is 4.32. The molecule has 0 fully saturated rings. The van der Waals surface area contributed by atoms with E-state index in [0.29, 0.717) is 38.4 Å². The Morgan fingerprint density at radius 1 is 0.833 bits per heavy atom. The molecule has 0 atom stereocenters. The van der Waals surface area contributed by atoms with Crippen LogP contribution in [0.4, 0.5) is 0 Å². The van der Waals surface area contributed by atoms with Crippen molar-refractivity contribution in [3.8, 4) is 33.9 Å². The first-order chi connectivity index (χ1) is 14.5. The molecule has 2 heterocycles. The van der Waals surface area contributed by atoms with Gasteiger partial charge in [-0.1, -0.05) is 35.3 Å². The molecule has 4 aromatic rings. The van der Waals surface area contributed by atoms with Crippen molar-refractivity contribution in [3.63, 3.8) is 0 Å². The molecule has 7 heteroatoms. The largest absolute Gasteiger partial charge is 0.465 e. The van der Waals surface area contributed by atoms with Crippen LogP contribution in [-0.4, -0.2) is 28.0 Å². The molecular weight excluding hydrogens is 421 g/mol. The van der Waals surface area contributed by atoms with E-state index in [0.717, 1.165) is 11.1 Å². The van der Waals surface area contributed by atoms with E-state index in [4.69, 9.17) is 37.9 Å². The number of aromatic nitrogens is 3. The molecule has 5 nitrogen and oxygen atoms in total. The smallest absolute Gasteiger partial charge is 0.337 e. The number of pyridine rings is 1. The zero-order chi connectivity index (χ0) is 21.1. The second-order valence-corrected chi connectivity index (χ2v) is 7.30. The molecule has 0 bridgehead atoms. The van der Waals surface area contributed by atoms with Crippen LogP contribution in [0.1, 0.15) is 10.4 Å². The zero-order valence-corrected chi connectivity index (χ0v) is 17.4. The van der Waals surface area contributed by atoms with Gasteiger partial charge < -0.3 is 4.74 Å². The summed E-state index contributed by atoms with van der Waals surface area (Å²) < 4.78 is 4.76. The fourth-order valence-corrected chi connectivity index (χ4v) is 3.49. The van der Waals surface area contributed by atoms with Crippen molar-refractivity contribution in [2.24, 2.45) is 0 Å². The molecule has 0 amide bonds. The fourth-order valence-electron chi connectivity index (χ4n) is 2.96. The molecule has 4 rings (SSSR count). The molecule has 0 saturated heterocycles. The van der Waals surface area contributed by atoms with Gasteiger partial charge in [-0.15, -0.1) is 0 Å². The highest BCUT2D eigenvalue weighted by Gasteiger charge is 2.13. The molecule has 2 aromatic carbocycles. The quantitative estimate of drug-likeness (QED) is 0.369. The van der Waals surface area contributed by atoms with Crippen LogP contribution in [0.15, 0.2) is 73.1 Å². The summed E-state index contributed by atoms with van der Waals surface area (Å²) in [7, 11) is 1.35. The maximum absolute atomic E-state index is 11.7. The summed E-state index contributed by atoms with van der Waals surface area (Å²) in [4.78, 5) is 25.3. The highest BCUT2D eigenvalue weighted by atomic mass is 35.5. The van der Waals surface area contributed by atoms with Crippen molar-refractivity contribution in [3.05, 3.63) is 88.7 Å². The molecular formula is C23H15Cl2N3O2. The highest BCUT2D eigenvalue weighted by molar-refractivity contribution is 6.35. The van der Waals surface area contributed by atoms with Gasteiger partial charge in [0.25, 0.3) is 0 Å². The van der Waals surface area contributed by atoms with Crippen molar-refractivity contribution in [2.45, 2.75) is 0 Å². The van der Waals surface area contributed by atoms with Gasteiger partial charge in [0.15, 0.2) is 5.82 Å². The molecule has 0 N–H and O–H groups in total. The summed E-state index contributed by atoms with van der Waals surface area (Å²) in [5.74, 6) is 0.0855. The number of esters is 1. The first-order valence-corrected chi connectivity index (χ1v) is 9.74. The third-order valence-electron chi connectivity index (χ3n) is 4.41. The summed E-state index contributed by atoms with van der Waals surface area (Å²) in [6.45, 7) is 0.